The molecule has 0 spiro atoms. The number of benzene rings is 2. The average molecular weight is 455 g/mol. The molecule has 2 aromatic carbocycles. The molecule has 0 aliphatic heterocycles. The van der Waals surface area contributed by atoms with E-state index in [0.29, 0.717) is 0 Å². The van der Waals surface area contributed by atoms with Crippen molar-refractivity contribution in [2.24, 2.45) is 0 Å². The van der Waals surface area contributed by atoms with Gasteiger partial charge >= 0.3 is 12.4 Å². The summed E-state index contributed by atoms with van der Waals surface area (Å²) in [7, 11) is 1.14. The lowest BCUT2D eigenvalue weighted by Gasteiger charge is -2.17. The number of carbonyl (C=O) groups is 2. The van der Waals surface area contributed by atoms with E-state index in [1.54, 1.807) is 0 Å². The molecule has 0 aliphatic carbocycles. The summed E-state index contributed by atoms with van der Waals surface area (Å²) in [4.78, 5) is 23.7. The Balaban J connectivity index is 2.51. The van der Waals surface area contributed by atoms with Gasteiger partial charge in [-0.1, -0.05) is 11.6 Å². The van der Waals surface area contributed by atoms with Crippen LogP contribution >= 0.6 is 11.6 Å². The highest BCUT2D eigenvalue weighted by Crippen LogP contribution is 2.39. The zero-order chi connectivity index (χ0) is 22.9. The molecule has 2 aromatic rings. The maximum Gasteiger partial charge on any atom is 0.418 e. The van der Waals surface area contributed by atoms with Crippen molar-refractivity contribution in [1.29, 1.82) is 0 Å². The number of ether oxygens (including phenoxy) is 1. The first-order valence-corrected chi connectivity index (χ1v) is 8.36. The number of anilines is 2. The normalized spacial score (nSPS) is 11.8. The number of amides is 2. The van der Waals surface area contributed by atoms with Gasteiger partial charge in [0.05, 0.1) is 40.2 Å². The van der Waals surface area contributed by atoms with E-state index in [4.69, 9.17) is 16.3 Å². The van der Waals surface area contributed by atoms with E-state index in [-0.39, 0.29) is 40.2 Å². The largest absolute Gasteiger partial charge is 0.496 e. The SMILES string of the molecule is COc1cc(NC(C)=O)c(Cl)cc1C(=O)Nc1cc(C(F)(F)F)ccc1C(F)(F)F. The fourth-order valence-electron chi connectivity index (χ4n) is 2.45. The van der Waals surface area contributed by atoms with E-state index in [2.05, 4.69) is 5.32 Å². The van der Waals surface area contributed by atoms with Gasteiger partial charge in [-0.05, 0) is 24.3 Å². The van der Waals surface area contributed by atoms with Crippen molar-refractivity contribution in [2.45, 2.75) is 19.3 Å². The number of hydrogen-bond acceptors (Lipinski definition) is 3. The lowest BCUT2D eigenvalue weighted by Crippen LogP contribution is -2.19. The molecule has 0 aromatic heterocycles. The molecule has 0 bridgehead atoms. The Morgan fingerprint density at radius 3 is 2.07 bits per heavy atom. The molecule has 0 aliphatic rings. The Hall–Kier alpha value is -2.95. The van der Waals surface area contributed by atoms with Gasteiger partial charge in [0.15, 0.2) is 0 Å². The molecule has 0 saturated carbocycles. The first kappa shape index (κ1) is 23.3. The highest BCUT2D eigenvalue weighted by molar-refractivity contribution is 6.34. The number of halogens is 7. The fourth-order valence-corrected chi connectivity index (χ4v) is 2.66. The summed E-state index contributed by atoms with van der Waals surface area (Å²) >= 11 is 5.96. The molecule has 30 heavy (non-hydrogen) atoms. The van der Waals surface area contributed by atoms with E-state index in [0.717, 1.165) is 19.2 Å². The van der Waals surface area contributed by atoms with Crippen LogP contribution in [0.2, 0.25) is 5.02 Å². The van der Waals surface area contributed by atoms with Crippen LogP contribution in [0.4, 0.5) is 37.7 Å². The second kappa shape index (κ2) is 8.42. The Morgan fingerprint density at radius 1 is 0.933 bits per heavy atom. The van der Waals surface area contributed by atoms with Crippen molar-refractivity contribution in [3.8, 4) is 5.75 Å². The van der Waals surface area contributed by atoms with Gasteiger partial charge in [-0.3, -0.25) is 9.59 Å². The van der Waals surface area contributed by atoms with Crippen molar-refractivity contribution in [1.82, 2.24) is 0 Å². The van der Waals surface area contributed by atoms with Crippen molar-refractivity contribution in [2.75, 3.05) is 17.7 Å². The van der Waals surface area contributed by atoms with E-state index in [9.17, 15) is 35.9 Å². The molecule has 0 fully saturated rings. The van der Waals surface area contributed by atoms with E-state index in [1.807, 2.05) is 5.32 Å². The molecule has 0 saturated heterocycles. The summed E-state index contributed by atoms with van der Waals surface area (Å²) in [5.41, 5.74) is -4.23. The van der Waals surface area contributed by atoms with Crippen molar-refractivity contribution in [3.63, 3.8) is 0 Å². The van der Waals surface area contributed by atoms with Gasteiger partial charge in [0, 0.05) is 13.0 Å². The molecule has 2 rings (SSSR count). The van der Waals surface area contributed by atoms with Crippen LogP contribution in [0.5, 0.6) is 5.75 Å². The van der Waals surface area contributed by atoms with Crippen molar-refractivity contribution < 1.29 is 40.7 Å². The Kier molecular flexibility index (Phi) is 6.55. The van der Waals surface area contributed by atoms with Crippen LogP contribution in [-0.2, 0) is 17.1 Å². The van der Waals surface area contributed by atoms with Gasteiger partial charge in [-0.15, -0.1) is 0 Å². The molecule has 0 heterocycles. The maximum atomic E-state index is 13.2. The predicted octanol–water partition coefficient (Wildman–Crippen LogP) is 5.60. The van der Waals surface area contributed by atoms with E-state index in [1.165, 1.54) is 6.92 Å². The minimum absolute atomic E-state index is 0.0626. The van der Waals surface area contributed by atoms with Crippen molar-refractivity contribution >= 4 is 34.8 Å². The van der Waals surface area contributed by atoms with Crippen molar-refractivity contribution in [3.05, 3.63) is 52.0 Å². The molecule has 2 amide bonds. The van der Waals surface area contributed by atoms with Gasteiger partial charge in [0.1, 0.15) is 5.75 Å². The summed E-state index contributed by atoms with van der Waals surface area (Å²) in [5, 5.41) is 4.04. The number of carbonyl (C=O) groups excluding carboxylic acids is 2. The Morgan fingerprint density at radius 2 is 1.57 bits per heavy atom. The van der Waals surface area contributed by atoms with Gasteiger partial charge in [-0.25, -0.2) is 0 Å². The molecule has 2 N–H and O–H groups in total. The molecule has 0 atom stereocenters. The van der Waals surface area contributed by atoms with Crippen LogP contribution in [0.1, 0.15) is 28.4 Å². The average Bonchev–Trinajstić information content (AvgIpc) is 2.60. The third-order valence-corrected chi connectivity index (χ3v) is 4.06. The number of methoxy groups -OCH3 is 1. The van der Waals surface area contributed by atoms with Gasteiger partial charge in [-0.2, -0.15) is 26.3 Å². The fraction of sp³-hybridized carbons (Fsp3) is 0.222. The number of alkyl halides is 6. The van der Waals surface area contributed by atoms with Crippen LogP contribution < -0.4 is 15.4 Å². The molecule has 12 heteroatoms. The maximum absolute atomic E-state index is 13.2. The van der Waals surface area contributed by atoms with Crippen LogP contribution in [0.25, 0.3) is 0 Å². The molecule has 162 valence electrons. The highest BCUT2D eigenvalue weighted by Gasteiger charge is 2.37. The quantitative estimate of drug-likeness (QED) is 0.591. The Labute approximate surface area is 171 Å². The smallest absolute Gasteiger partial charge is 0.418 e. The summed E-state index contributed by atoms with van der Waals surface area (Å²) in [6.45, 7) is 1.19. The highest BCUT2D eigenvalue weighted by atomic mass is 35.5. The molecular formula is C18H13ClF6N2O3. The van der Waals surface area contributed by atoms with Gasteiger partial charge in [0.2, 0.25) is 5.91 Å². The zero-order valence-electron chi connectivity index (χ0n) is 15.3. The predicted molar refractivity (Wildman–Crippen MR) is 96.7 cm³/mol. The summed E-state index contributed by atoms with van der Waals surface area (Å²) < 4.78 is 83.3. The topological polar surface area (TPSA) is 67.4 Å². The monoisotopic (exact) mass is 454 g/mol. The minimum atomic E-state index is -5.02. The summed E-state index contributed by atoms with van der Waals surface area (Å²) in [6.07, 6.45) is -9.95. The second-order valence-corrected chi connectivity index (χ2v) is 6.33. The third kappa shape index (κ3) is 5.35. The first-order chi connectivity index (χ1) is 13.7. The van der Waals surface area contributed by atoms with Crippen LogP contribution in [-0.4, -0.2) is 18.9 Å². The van der Waals surface area contributed by atoms with E-state index < -0.39 is 41.0 Å². The second-order valence-electron chi connectivity index (χ2n) is 5.92. The standard InChI is InChI=1S/C18H13ClF6N2O3/c1-8(28)26-14-7-15(30-2)10(6-12(14)19)16(29)27-13-5-9(17(20,21)22)3-4-11(13)18(23,24)25/h3-7H,1-2H3,(H,26,28)(H,27,29). The summed E-state index contributed by atoms with van der Waals surface area (Å²) in [5.74, 6) is -1.87. The first-order valence-electron chi connectivity index (χ1n) is 7.99. The third-order valence-electron chi connectivity index (χ3n) is 3.74. The summed E-state index contributed by atoms with van der Waals surface area (Å²) in [6, 6.07) is 2.82. The molecule has 0 radical (unpaired) electrons. The van der Waals surface area contributed by atoms with Crippen LogP contribution in [0.15, 0.2) is 30.3 Å². The lowest BCUT2D eigenvalue weighted by atomic mass is 10.1. The van der Waals surface area contributed by atoms with Gasteiger partial charge < -0.3 is 15.4 Å². The lowest BCUT2D eigenvalue weighted by molar-refractivity contribution is -0.140. The molecular weight excluding hydrogens is 442 g/mol. The molecule has 5 nitrogen and oxygen atoms in total. The number of nitrogens with one attached hydrogen (secondary N) is 2. The minimum Gasteiger partial charge on any atom is -0.496 e. The molecule has 0 unspecified atom stereocenters. The van der Waals surface area contributed by atoms with Crippen LogP contribution in [0, 0.1) is 0 Å². The Bertz CT molecular complexity index is 989. The number of hydrogen-bond donors (Lipinski definition) is 2. The van der Waals surface area contributed by atoms with Gasteiger partial charge in [0.25, 0.3) is 5.91 Å². The number of rotatable bonds is 4. The van der Waals surface area contributed by atoms with Crippen LogP contribution in [0.3, 0.4) is 0 Å². The zero-order valence-corrected chi connectivity index (χ0v) is 16.0. The van der Waals surface area contributed by atoms with E-state index >= 15 is 0 Å².